The summed E-state index contributed by atoms with van der Waals surface area (Å²) in [6.07, 6.45) is 8.08. The fourth-order valence-corrected chi connectivity index (χ4v) is 2.67. The summed E-state index contributed by atoms with van der Waals surface area (Å²) in [4.78, 5) is 11.6. The summed E-state index contributed by atoms with van der Waals surface area (Å²) in [5, 5.41) is 0. The number of esters is 1. The summed E-state index contributed by atoms with van der Waals surface area (Å²) in [5.41, 5.74) is 0. The van der Waals surface area contributed by atoms with Gasteiger partial charge in [-0.25, -0.2) is 0 Å². The topological polar surface area (TPSA) is 63.2 Å². The molecule has 0 N–H and O–H groups in total. The zero-order chi connectivity index (χ0) is 22.3. The van der Waals surface area contributed by atoms with Gasteiger partial charge in [0.25, 0.3) is 0 Å². The van der Waals surface area contributed by atoms with Crippen molar-refractivity contribution in [1.29, 1.82) is 0 Å². The van der Waals surface area contributed by atoms with Gasteiger partial charge in [-0.05, 0) is 31.1 Å². The molecule has 0 aromatic rings. The van der Waals surface area contributed by atoms with Crippen LogP contribution >= 0.6 is 0 Å². The normalized spacial score (nSPS) is 11.5. The van der Waals surface area contributed by atoms with Gasteiger partial charge >= 0.3 is 5.97 Å². The van der Waals surface area contributed by atoms with Crippen molar-refractivity contribution in [2.45, 2.75) is 79.1 Å². The maximum Gasteiger partial charge on any atom is 0.305 e. The zero-order valence-corrected chi connectivity index (χ0v) is 20.1. The number of hydrogen-bond donors (Lipinski definition) is 0. The first-order valence-electron chi connectivity index (χ1n) is 12.0. The second kappa shape index (κ2) is 23.0. The molecule has 0 spiro atoms. The van der Waals surface area contributed by atoms with Crippen molar-refractivity contribution >= 4 is 5.97 Å². The minimum atomic E-state index is -0.123. The molecule has 0 aromatic carbocycles. The van der Waals surface area contributed by atoms with Crippen molar-refractivity contribution in [2.24, 2.45) is 11.8 Å². The van der Waals surface area contributed by atoms with Crippen LogP contribution in [-0.2, 0) is 28.5 Å². The Bertz CT molecular complexity index is 360. The SMILES string of the molecule is CC(C)CCCCCCOC(=O)CCCOCCOCCOCCOCCC(C)C. The van der Waals surface area contributed by atoms with Gasteiger partial charge in [-0.2, -0.15) is 0 Å². The highest BCUT2D eigenvalue weighted by Crippen LogP contribution is 2.09. The molecule has 0 radical (unpaired) electrons. The van der Waals surface area contributed by atoms with Crippen molar-refractivity contribution in [1.82, 2.24) is 0 Å². The van der Waals surface area contributed by atoms with Gasteiger partial charge in [-0.3, -0.25) is 4.79 Å². The molecule has 0 saturated carbocycles. The molecular formula is C24H48O6. The van der Waals surface area contributed by atoms with E-state index in [-0.39, 0.29) is 5.97 Å². The van der Waals surface area contributed by atoms with E-state index in [4.69, 9.17) is 23.7 Å². The molecule has 0 rings (SSSR count). The van der Waals surface area contributed by atoms with E-state index in [2.05, 4.69) is 27.7 Å². The Labute approximate surface area is 185 Å². The molecule has 0 aliphatic rings. The Balaban J connectivity index is 3.15. The van der Waals surface area contributed by atoms with Crippen LogP contribution in [-0.4, -0.2) is 65.4 Å². The Morgan fingerprint density at radius 3 is 1.60 bits per heavy atom. The first kappa shape index (κ1) is 29.3. The molecule has 0 unspecified atom stereocenters. The Morgan fingerprint density at radius 2 is 1.03 bits per heavy atom. The van der Waals surface area contributed by atoms with Crippen molar-refractivity contribution in [3.8, 4) is 0 Å². The lowest BCUT2D eigenvalue weighted by Gasteiger charge is -2.08. The second-order valence-electron chi connectivity index (χ2n) is 8.55. The van der Waals surface area contributed by atoms with E-state index in [0.29, 0.717) is 71.6 Å². The fraction of sp³-hybridized carbons (Fsp3) is 0.958. The van der Waals surface area contributed by atoms with E-state index in [9.17, 15) is 4.79 Å². The van der Waals surface area contributed by atoms with E-state index in [1.54, 1.807) is 0 Å². The molecule has 0 saturated heterocycles. The summed E-state index contributed by atoms with van der Waals surface area (Å²) < 4.78 is 27.1. The van der Waals surface area contributed by atoms with Gasteiger partial charge in [-0.1, -0.05) is 53.4 Å². The van der Waals surface area contributed by atoms with Crippen molar-refractivity contribution in [2.75, 3.05) is 59.5 Å². The lowest BCUT2D eigenvalue weighted by Crippen LogP contribution is -2.13. The van der Waals surface area contributed by atoms with Crippen molar-refractivity contribution in [3.05, 3.63) is 0 Å². The number of carbonyl (C=O) groups excluding carboxylic acids is 1. The quantitative estimate of drug-likeness (QED) is 0.167. The number of hydrogen-bond acceptors (Lipinski definition) is 6. The molecule has 6 heteroatoms. The molecular weight excluding hydrogens is 384 g/mol. The third-order valence-corrected chi connectivity index (χ3v) is 4.56. The van der Waals surface area contributed by atoms with Crippen LogP contribution in [0.2, 0.25) is 0 Å². The number of unbranched alkanes of at least 4 members (excludes halogenated alkanes) is 3. The second-order valence-corrected chi connectivity index (χ2v) is 8.55. The van der Waals surface area contributed by atoms with Gasteiger partial charge in [0.15, 0.2) is 0 Å². The minimum absolute atomic E-state index is 0.123. The largest absolute Gasteiger partial charge is 0.466 e. The number of carbonyl (C=O) groups is 1. The molecule has 180 valence electrons. The van der Waals surface area contributed by atoms with Gasteiger partial charge in [0.1, 0.15) is 0 Å². The van der Waals surface area contributed by atoms with Gasteiger partial charge in [0.2, 0.25) is 0 Å². The van der Waals surface area contributed by atoms with Crippen molar-refractivity contribution in [3.63, 3.8) is 0 Å². The highest BCUT2D eigenvalue weighted by Gasteiger charge is 2.03. The fourth-order valence-electron chi connectivity index (χ4n) is 2.67. The molecule has 30 heavy (non-hydrogen) atoms. The molecule has 0 fully saturated rings. The Morgan fingerprint density at radius 1 is 0.533 bits per heavy atom. The molecule has 0 heterocycles. The van der Waals surface area contributed by atoms with E-state index < -0.39 is 0 Å². The van der Waals surface area contributed by atoms with Gasteiger partial charge < -0.3 is 23.7 Å². The predicted octanol–water partition coefficient (Wildman–Crippen LogP) is 5.03. The van der Waals surface area contributed by atoms with E-state index in [0.717, 1.165) is 31.8 Å². The lowest BCUT2D eigenvalue weighted by molar-refractivity contribution is -0.144. The summed E-state index contributed by atoms with van der Waals surface area (Å²) in [6.45, 7) is 14.2. The van der Waals surface area contributed by atoms with Crippen LogP contribution in [0.5, 0.6) is 0 Å². The summed E-state index contributed by atoms with van der Waals surface area (Å²) in [6, 6.07) is 0. The standard InChI is InChI=1S/C24H48O6/c1-22(2)10-7-5-6-8-14-30-24(25)11-9-13-26-16-18-28-20-21-29-19-17-27-15-12-23(3)4/h22-23H,5-21H2,1-4H3. The first-order valence-corrected chi connectivity index (χ1v) is 12.0. The molecule has 0 amide bonds. The maximum atomic E-state index is 11.6. The zero-order valence-electron chi connectivity index (χ0n) is 20.1. The molecule has 0 aromatic heterocycles. The van der Waals surface area contributed by atoms with E-state index >= 15 is 0 Å². The molecule has 0 aliphatic heterocycles. The van der Waals surface area contributed by atoms with Crippen LogP contribution in [0.4, 0.5) is 0 Å². The number of rotatable bonds is 23. The smallest absolute Gasteiger partial charge is 0.305 e. The lowest BCUT2D eigenvalue weighted by atomic mass is 10.0. The summed E-state index contributed by atoms with van der Waals surface area (Å²) >= 11 is 0. The molecule has 6 nitrogen and oxygen atoms in total. The third-order valence-electron chi connectivity index (χ3n) is 4.56. The van der Waals surface area contributed by atoms with E-state index in [1.165, 1.54) is 19.3 Å². The first-order chi connectivity index (χ1) is 14.5. The van der Waals surface area contributed by atoms with Crippen LogP contribution in [0.25, 0.3) is 0 Å². The maximum absolute atomic E-state index is 11.6. The highest BCUT2D eigenvalue weighted by molar-refractivity contribution is 5.69. The summed E-state index contributed by atoms with van der Waals surface area (Å²) in [7, 11) is 0. The Kier molecular flexibility index (Phi) is 22.5. The van der Waals surface area contributed by atoms with Crippen molar-refractivity contribution < 1.29 is 28.5 Å². The van der Waals surface area contributed by atoms with Gasteiger partial charge in [0.05, 0.1) is 46.2 Å². The molecule has 0 atom stereocenters. The molecule has 0 bridgehead atoms. The highest BCUT2D eigenvalue weighted by atomic mass is 16.6. The average Bonchev–Trinajstić information content (AvgIpc) is 2.69. The third kappa shape index (κ3) is 25.3. The average molecular weight is 433 g/mol. The number of ether oxygens (including phenoxy) is 5. The van der Waals surface area contributed by atoms with Crippen LogP contribution in [0.1, 0.15) is 79.1 Å². The van der Waals surface area contributed by atoms with E-state index in [1.807, 2.05) is 0 Å². The summed E-state index contributed by atoms with van der Waals surface area (Å²) in [5.74, 6) is 1.33. The minimum Gasteiger partial charge on any atom is -0.466 e. The van der Waals surface area contributed by atoms with Gasteiger partial charge in [0, 0.05) is 19.6 Å². The Hall–Kier alpha value is -0.690. The predicted molar refractivity (Wildman–Crippen MR) is 121 cm³/mol. The molecule has 0 aliphatic carbocycles. The monoisotopic (exact) mass is 432 g/mol. The van der Waals surface area contributed by atoms with Gasteiger partial charge in [-0.15, -0.1) is 0 Å². The van der Waals surface area contributed by atoms with Crippen LogP contribution in [0, 0.1) is 11.8 Å². The van der Waals surface area contributed by atoms with Crippen LogP contribution in [0.3, 0.4) is 0 Å². The van der Waals surface area contributed by atoms with Crippen LogP contribution < -0.4 is 0 Å². The van der Waals surface area contributed by atoms with Crippen LogP contribution in [0.15, 0.2) is 0 Å².